The normalized spacial score (nSPS) is 17.3. The molecule has 6 heteroatoms. The molecule has 0 saturated carbocycles. The van der Waals surface area contributed by atoms with E-state index in [-0.39, 0.29) is 12.0 Å². The van der Waals surface area contributed by atoms with Crippen LogP contribution in [0.3, 0.4) is 0 Å². The van der Waals surface area contributed by atoms with Gasteiger partial charge >= 0.3 is 6.18 Å². The molecular formula is C9H9F3N2O. The fraction of sp³-hybridized carbons (Fsp3) is 0.444. The van der Waals surface area contributed by atoms with Crippen LogP contribution in [0, 0.1) is 0 Å². The van der Waals surface area contributed by atoms with E-state index < -0.39 is 11.7 Å². The molecule has 15 heavy (non-hydrogen) atoms. The molecule has 1 N–H and O–H groups in total. The molecule has 0 aromatic carbocycles. The van der Waals surface area contributed by atoms with Crippen LogP contribution >= 0.6 is 0 Å². The van der Waals surface area contributed by atoms with Crippen LogP contribution in [0.1, 0.15) is 5.56 Å². The molecule has 0 amide bonds. The van der Waals surface area contributed by atoms with Crippen molar-refractivity contribution in [3.63, 3.8) is 0 Å². The molecule has 2 heterocycles. The van der Waals surface area contributed by atoms with Gasteiger partial charge in [-0.25, -0.2) is 4.98 Å². The summed E-state index contributed by atoms with van der Waals surface area (Å²) in [7, 11) is 0. The van der Waals surface area contributed by atoms with Gasteiger partial charge in [0.2, 0.25) is 5.88 Å². The molecule has 0 radical (unpaired) electrons. The number of nitrogens with one attached hydrogen (secondary N) is 1. The third-order valence-corrected chi connectivity index (χ3v) is 2.10. The highest BCUT2D eigenvalue weighted by molar-refractivity contribution is 5.20. The van der Waals surface area contributed by atoms with Gasteiger partial charge in [-0.2, -0.15) is 13.2 Å². The number of aromatic nitrogens is 1. The van der Waals surface area contributed by atoms with Gasteiger partial charge in [-0.3, -0.25) is 0 Å². The fourth-order valence-corrected chi connectivity index (χ4v) is 1.13. The van der Waals surface area contributed by atoms with Gasteiger partial charge in [0.15, 0.2) is 0 Å². The van der Waals surface area contributed by atoms with Gasteiger partial charge in [0.25, 0.3) is 0 Å². The lowest BCUT2D eigenvalue weighted by Gasteiger charge is -2.27. The van der Waals surface area contributed by atoms with Crippen LogP contribution in [0.4, 0.5) is 13.2 Å². The lowest BCUT2D eigenvalue weighted by Crippen LogP contribution is -2.50. The molecule has 1 aliphatic heterocycles. The van der Waals surface area contributed by atoms with E-state index in [1.807, 2.05) is 0 Å². The molecule has 3 nitrogen and oxygen atoms in total. The Balaban J connectivity index is 2.03. The molecule has 82 valence electrons. The standard InChI is InChI=1S/C9H9F3N2O/c10-9(11,12)6-1-2-8(14-3-6)15-7-4-13-5-7/h1-3,7,13H,4-5H2. The third-order valence-electron chi connectivity index (χ3n) is 2.10. The zero-order valence-electron chi connectivity index (χ0n) is 7.71. The number of ether oxygens (including phenoxy) is 1. The first-order valence-corrected chi connectivity index (χ1v) is 4.46. The molecule has 1 aromatic heterocycles. The Kier molecular flexibility index (Phi) is 2.52. The average molecular weight is 218 g/mol. The summed E-state index contributed by atoms with van der Waals surface area (Å²) in [5.74, 6) is 0.231. The quantitative estimate of drug-likeness (QED) is 0.815. The highest BCUT2D eigenvalue weighted by atomic mass is 19.4. The maximum atomic E-state index is 12.2. The lowest BCUT2D eigenvalue weighted by atomic mass is 10.2. The van der Waals surface area contributed by atoms with E-state index in [9.17, 15) is 13.2 Å². The molecule has 1 fully saturated rings. The lowest BCUT2D eigenvalue weighted by molar-refractivity contribution is -0.137. The van der Waals surface area contributed by atoms with Crippen LogP contribution in [0.5, 0.6) is 5.88 Å². The zero-order valence-corrected chi connectivity index (χ0v) is 7.71. The van der Waals surface area contributed by atoms with Gasteiger partial charge in [-0.1, -0.05) is 0 Å². The molecular weight excluding hydrogens is 209 g/mol. The topological polar surface area (TPSA) is 34.1 Å². The third kappa shape index (κ3) is 2.38. The van der Waals surface area contributed by atoms with Crippen molar-refractivity contribution in [2.45, 2.75) is 12.3 Å². The van der Waals surface area contributed by atoms with E-state index in [2.05, 4.69) is 10.3 Å². The highest BCUT2D eigenvalue weighted by Crippen LogP contribution is 2.29. The Morgan fingerprint density at radius 3 is 2.47 bits per heavy atom. The van der Waals surface area contributed by atoms with Crippen molar-refractivity contribution in [2.24, 2.45) is 0 Å². The predicted octanol–water partition coefficient (Wildman–Crippen LogP) is 1.45. The van der Waals surface area contributed by atoms with Gasteiger partial charge in [0.1, 0.15) is 6.10 Å². The van der Waals surface area contributed by atoms with E-state index in [1.54, 1.807) is 0 Å². The Labute approximate surface area is 84.3 Å². The summed E-state index contributed by atoms with van der Waals surface area (Å²) in [6, 6.07) is 2.20. The fourth-order valence-electron chi connectivity index (χ4n) is 1.13. The van der Waals surface area contributed by atoms with Crippen LogP contribution in [0.25, 0.3) is 0 Å². The van der Waals surface area contributed by atoms with Gasteiger partial charge < -0.3 is 10.1 Å². The number of pyridine rings is 1. The molecule has 0 spiro atoms. The number of halogens is 3. The summed E-state index contributed by atoms with van der Waals surface area (Å²) in [5.41, 5.74) is -0.762. The maximum absolute atomic E-state index is 12.2. The summed E-state index contributed by atoms with van der Waals surface area (Å²) in [4.78, 5) is 3.60. The SMILES string of the molecule is FC(F)(F)c1ccc(OC2CNC2)nc1. The van der Waals surface area contributed by atoms with Gasteiger partial charge in [-0.15, -0.1) is 0 Å². The number of hydrogen-bond donors (Lipinski definition) is 1. The molecule has 2 rings (SSSR count). The summed E-state index contributed by atoms with van der Waals surface area (Å²) in [5, 5.41) is 2.98. The second-order valence-corrected chi connectivity index (χ2v) is 3.28. The van der Waals surface area contributed by atoms with Crippen molar-refractivity contribution in [2.75, 3.05) is 13.1 Å². The van der Waals surface area contributed by atoms with Crippen LogP contribution in [-0.2, 0) is 6.18 Å². The Morgan fingerprint density at radius 2 is 2.07 bits per heavy atom. The van der Waals surface area contributed by atoms with Crippen molar-refractivity contribution >= 4 is 0 Å². The maximum Gasteiger partial charge on any atom is 0.417 e. The Morgan fingerprint density at radius 1 is 1.33 bits per heavy atom. The van der Waals surface area contributed by atoms with E-state index in [1.165, 1.54) is 6.07 Å². The summed E-state index contributed by atoms with van der Waals surface area (Å²) < 4.78 is 41.8. The van der Waals surface area contributed by atoms with Crippen LogP contribution < -0.4 is 10.1 Å². The number of hydrogen-bond acceptors (Lipinski definition) is 3. The van der Waals surface area contributed by atoms with Gasteiger partial charge in [0.05, 0.1) is 5.56 Å². The molecule has 1 aromatic rings. The van der Waals surface area contributed by atoms with Crippen LogP contribution in [0.2, 0.25) is 0 Å². The molecule has 0 aliphatic carbocycles. The first-order valence-electron chi connectivity index (χ1n) is 4.46. The second-order valence-electron chi connectivity index (χ2n) is 3.28. The van der Waals surface area contributed by atoms with Gasteiger partial charge in [-0.05, 0) is 6.07 Å². The first kappa shape index (κ1) is 10.2. The molecule has 0 atom stereocenters. The largest absolute Gasteiger partial charge is 0.472 e. The number of alkyl halides is 3. The minimum Gasteiger partial charge on any atom is -0.472 e. The summed E-state index contributed by atoms with van der Waals surface area (Å²) in [6.45, 7) is 1.42. The van der Waals surface area contributed by atoms with Crippen molar-refractivity contribution < 1.29 is 17.9 Å². The number of nitrogens with zero attached hydrogens (tertiary/aromatic N) is 1. The number of rotatable bonds is 2. The van der Waals surface area contributed by atoms with E-state index >= 15 is 0 Å². The summed E-state index contributed by atoms with van der Waals surface area (Å²) in [6.07, 6.45) is -3.54. The first-order chi connectivity index (χ1) is 7.05. The smallest absolute Gasteiger partial charge is 0.417 e. The zero-order chi connectivity index (χ0) is 10.9. The highest BCUT2D eigenvalue weighted by Gasteiger charge is 2.31. The van der Waals surface area contributed by atoms with Crippen molar-refractivity contribution in [3.05, 3.63) is 23.9 Å². The monoisotopic (exact) mass is 218 g/mol. The second kappa shape index (κ2) is 3.69. The predicted molar refractivity (Wildman–Crippen MR) is 46.5 cm³/mol. The van der Waals surface area contributed by atoms with Gasteiger partial charge in [0, 0.05) is 25.4 Å². The molecule has 0 unspecified atom stereocenters. The van der Waals surface area contributed by atoms with Crippen molar-refractivity contribution in [1.29, 1.82) is 0 Å². The molecule has 1 aliphatic rings. The Bertz CT molecular complexity index is 332. The average Bonchev–Trinajstić information content (AvgIpc) is 2.11. The molecule has 0 bridgehead atoms. The van der Waals surface area contributed by atoms with Crippen LogP contribution in [0.15, 0.2) is 18.3 Å². The van der Waals surface area contributed by atoms with E-state index in [0.717, 1.165) is 12.3 Å². The Hall–Kier alpha value is -1.30. The van der Waals surface area contributed by atoms with Crippen molar-refractivity contribution in [3.8, 4) is 5.88 Å². The van der Waals surface area contributed by atoms with Crippen LogP contribution in [-0.4, -0.2) is 24.2 Å². The summed E-state index contributed by atoms with van der Waals surface area (Å²) >= 11 is 0. The molecule has 1 saturated heterocycles. The van der Waals surface area contributed by atoms with E-state index in [0.29, 0.717) is 13.1 Å². The van der Waals surface area contributed by atoms with E-state index in [4.69, 9.17) is 4.74 Å². The minimum atomic E-state index is -4.34. The van der Waals surface area contributed by atoms with Crippen molar-refractivity contribution in [1.82, 2.24) is 10.3 Å². The minimum absolute atomic E-state index is 0.0224.